The SMILES string of the molecule is CCOC(=O)c1c(-c2ccc(N(C)C)cc2)c(C#N)c(=O)n(-c2cccc(C(F)(F)F)c2)c1N. The Balaban J connectivity index is 2.41. The van der Waals surface area contributed by atoms with Crippen molar-refractivity contribution < 1.29 is 22.7 Å². The van der Waals surface area contributed by atoms with Gasteiger partial charge in [-0.1, -0.05) is 18.2 Å². The summed E-state index contributed by atoms with van der Waals surface area (Å²) < 4.78 is 45.6. The van der Waals surface area contributed by atoms with Crippen LogP contribution in [-0.4, -0.2) is 31.2 Å². The fourth-order valence-corrected chi connectivity index (χ4v) is 3.50. The van der Waals surface area contributed by atoms with Gasteiger partial charge in [0.1, 0.15) is 23.0 Å². The maximum Gasteiger partial charge on any atom is 0.416 e. The summed E-state index contributed by atoms with van der Waals surface area (Å²) in [7, 11) is 3.65. The molecule has 3 rings (SSSR count). The van der Waals surface area contributed by atoms with Crippen molar-refractivity contribution in [2.75, 3.05) is 31.3 Å². The Morgan fingerprint density at radius 2 is 1.82 bits per heavy atom. The zero-order valence-electron chi connectivity index (χ0n) is 18.6. The molecule has 0 saturated carbocycles. The van der Waals surface area contributed by atoms with Gasteiger partial charge in [0.25, 0.3) is 5.56 Å². The molecule has 0 spiro atoms. The lowest BCUT2D eigenvalue weighted by atomic mass is 9.95. The average molecular weight is 470 g/mol. The molecule has 0 bridgehead atoms. The molecular formula is C24H21F3N4O3. The second-order valence-electron chi connectivity index (χ2n) is 7.47. The summed E-state index contributed by atoms with van der Waals surface area (Å²) in [5.74, 6) is -1.35. The smallest absolute Gasteiger partial charge is 0.416 e. The molecule has 0 amide bonds. The minimum Gasteiger partial charge on any atom is -0.462 e. The number of hydrogen-bond acceptors (Lipinski definition) is 6. The molecule has 0 aliphatic heterocycles. The highest BCUT2D eigenvalue weighted by Gasteiger charge is 2.32. The van der Waals surface area contributed by atoms with E-state index in [-0.39, 0.29) is 23.4 Å². The molecule has 3 aromatic rings. The number of aromatic nitrogens is 1. The van der Waals surface area contributed by atoms with Crippen molar-refractivity contribution >= 4 is 17.5 Å². The Morgan fingerprint density at radius 1 is 1.18 bits per heavy atom. The minimum absolute atomic E-state index is 0.0259. The van der Waals surface area contributed by atoms with E-state index in [2.05, 4.69) is 0 Å². The van der Waals surface area contributed by atoms with Crippen molar-refractivity contribution in [1.29, 1.82) is 5.26 Å². The third-order valence-corrected chi connectivity index (χ3v) is 5.11. The highest BCUT2D eigenvalue weighted by molar-refractivity contribution is 6.03. The third kappa shape index (κ3) is 4.45. The molecule has 0 radical (unpaired) electrons. The van der Waals surface area contributed by atoms with Crippen molar-refractivity contribution in [2.24, 2.45) is 0 Å². The van der Waals surface area contributed by atoms with Gasteiger partial charge in [0.2, 0.25) is 0 Å². The molecule has 0 fully saturated rings. The van der Waals surface area contributed by atoms with E-state index in [4.69, 9.17) is 10.5 Å². The van der Waals surface area contributed by atoms with Crippen LogP contribution in [0.4, 0.5) is 24.7 Å². The molecule has 176 valence electrons. The summed E-state index contributed by atoms with van der Waals surface area (Å²) in [6.07, 6.45) is -4.68. The van der Waals surface area contributed by atoms with Gasteiger partial charge in [-0.25, -0.2) is 4.79 Å². The number of nitrogens with zero attached hydrogens (tertiary/aromatic N) is 3. The topological polar surface area (TPSA) is 101 Å². The van der Waals surface area contributed by atoms with Crippen LogP contribution in [0.3, 0.4) is 0 Å². The van der Waals surface area contributed by atoms with Crippen LogP contribution in [0.15, 0.2) is 53.3 Å². The molecular weight excluding hydrogens is 449 g/mol. The zero-order valence-corrected chi connectivity index (χ0v) is 18.6. The van der Waals surface area contributed by atoms with Gasteiger partial charge in [0.05, 0.1) is 17.9 Å². The predicted octanol–water partition coefficient (Wildman–Crippen LogP) is 4.22. The molecule has 0 atom stereocenters. The predicted molar refractivity (Wildman–Crippen MR) is 122 cm³/mol. The van der Waals surface area contributed by atoms with Crippen LogP contribution in [0.25, 0.3) is 16.8 Å². The van der Waals surface area contributed by atoms with E-state index in [1.807, 2.05) is 19.0 Å². The molecule has 0 aliphatic carbocycles. The van der Waals surface area contributed by atoms with Gasteiger partial charge in [-0.3, -0.25) is 9.36 Å². The number of hydrogen-bond donors (Lipinski definition) is 1. The monoisotopic (exact) mass is 470 g/mol. The second kappa shape index (κ2) is 9.31. The fraction of sp³-hybridized carbons (Fsp3) is 0.208. The number of ether oxygens (including phenoxy) is 1. The second-order valence-corrected chi connectivity index (χ2v) is 7.47. The summed E-state index contributed by atoms with van der Waals surface area (Å²) >= 11 is 0. The molecule has 0 aliphatic rings. The van der Waals surface area contributed by atoms with Gasteiger partial charge in [-0.05, 0) is 42.8 Å². The zero-order chi connectivity index (χ0) is 25.2. The quantitative estimate of drug-likeness (QED) is 0.561. The molecule has 2 aromatic carbocycles. The number of nitrogens with two attached hydrogens (primary N) is 1. The van der Waals surface area contributed by atoms with Gasteiger partial charge in [-0.15, -0.1) is 0 Å². The summed E-state index contributed by atoms with van der Waals surface area (Å²) in [5, 5.41) is 9.84. The van der Waals surface area contributed by atoms with Crippen molar-refractivity contribution in [3.63, 3.8) is 0 Å². The number of nitrogen functional groups attached to an aromatic ring is 1. The van der Waals surface area contributed by atoms with E-state index < -0.39 is 34.6 Å². The molecule has 7 nitrogen and oxygen atoms in total. The largest absolute Gasteiger partial charge is 0.462 e. The number of alkyl halides is 3. The van der Waals surface area contributed by atoms with Crippen molar-refractivity contribution in [2.45, 2.75) is 13.1 Å². The molecule has 34 heavy (non-hydrogen) atoms. The van der Waals surface area contributed by atoms with E-state index >= 15 is 0 Å². The Labute approximate surface area is 193 Å². The first-order valence-corrected chi connectivity index (χ1v) is 10.1. The van der Waals surface area contributed by atoms with Gasteiger partial charge in [-0.2, -0.15) is 18.4 Å². The number of carbonyl (C=O) groups is 1. The molecule has 0 unspecified atom stereocenters. The van der Waals surface area contributed by atoms with Crippen molar-refractivity contribution in [3.8, 4) is 22.9 Å². The molecule has 2 N–H and O–H groups in total. The molecule has 1 heterocycles. The van der Waals surface area contributed by atoms with Gasteiger partial charge in [0, 0.05) is 25.3 Å². The average Bonchev–Trinajstić information content (AvgIpc) is 2.78. The van der Waals surface area contributed by atoms with Crippen LogP contribution >= 0.6 is 0 Å². The molecule has 0 saturated heterocycles. The van der Waals surface area contributed by atoms with E-state index in [0.717, 1.165) is 28.5 Å². The number of halogens is 3. The standard InChI is InChI=1S/C24H21F3N4O3/c1-4-34-23(33)20-19(14-8-10-16(11-9-14)30(2)3)18(13-28)22(32)31(21(20)29)17-7-5-6-15(12-17)24(25,26)27/h5-12H,4,29H2,1-3H3. The summed E-state index contributed by atoms with van der Waals surface area (Å²) in [4.78, 5) is 28.0. The summed E-state index contributed by atoms with van der Waals surface area (Å²) in [5.41, 5.74) is 4.39. The Morgan fingerprint density at radius 3 is 2.35 bits per heavy atom. The van der Waals surface area contributed by atoms with E-state index in [1.54, 1.807) is 37.3 Å². The van der Waals surface area contributed by atoms with Crippen LogP contribution in [-0.2, 0) is 10.9 Å². The highest BCUT2D eigenvalue weighted by atomic mass is 19.4. The van der Waals surface area contributed by atoms with E-state index in [0.29, 0.717) is 5.56 Å². The summed E-state index contributed by atoms with van der Waals surface area (Å²) in [6, 6.07) is 12.4. The first-order valence-electron chi connectivity index (χ1n) is 10.1. The summed E-state index contributed by atoms with van der Waals surface area (Å²) in [6.45, 7) is 1.54. The van der Waals surface area contributed by atoms with Crippen LogP contribution in [0.2, 0.25) is 0 Å². The maximum atomic E-state index is 13.3. The Kier molecular flexibility index (Phi) is 6.68. The van der Waals surface area contributed by atoms with Crippen LogP contribution < -0.4 is 16.2 Å². The van der Waals surface area contributed by atoms with Gasteiger partial charge in [0.15, 0.2) is 0 Å². The third-order valence-electron chi connectivity index (χ3n) is 5.11. The molecule has 10 heteroatoms. The Bertz CT molecular complexity index is 1340. The minimum atomic E-state index is -4.68. The van der Waals surface area contributed by atoms with Crippen LogP contribution in [0.1, 0.15) is 28.4 Å². The first-order chi connectivity index (χ1) is 16.0. The van der Waals surface area contributed by atoms with Crippen molar-refractivity contribution in [1.82, 2.24) is 4.57 Å². The highest BCUT2D eigenvalue weighted by Crippen LogP contribution is 2.34. The van der Waals surface area contributed by atoms with E-state index in [9.17, 15) is 28.0 Å². The van der Waals surface area contributed by atoms with Crippen LogP contribution in [0, 0.1) is 11.3 Å². The van der Waals surface area contributed by atoms with E-state index in [1.165, 1.54) is 6.07 Å². The number of rotatable bonds is 5. The lowest BCUT2D eigenvalue weighted by molar-refractivity contribution is -0.137. The van der Waals surface area contributed by atoms with Gasteiger partial charge >= 0.3 is 12.1 Å². The Hall–Kier alpha value is -4.26. The number of esters is 1. The number of carbonyl (C=O) groups excluding carboxylic acids is 1. The number of benzene rings is 2. The molecule has 1 aromatic heterocycles. The van der Waals surface area contributed by atoms with Gasteiger partial charge < -0.3 is 15.4 Å². The fourth-order valence-electron chi connectivity index (χ4n) is 3.50. The lowest BCUT2D eigenvalue weighted by Crippen LogP contribution is -2.29. The first kappa shape index (κ1) is 24.4. The lowest BCUT2D eigenvalue weighted by Gasteiger charge is -2.20. The maximum absolute atomic E-state index is 13.3. The van der Waals surface area contributed by atoms with Crippen LogP contribution in [0.5, 0.6) is 0 Å². The normalized spacial score (nSPS) is 11.1. The number of pyridine rings is 1. The number of nitriles is 1. The number of anilines is 2. The van der Waals surface area contributed by atoms with Crippen molar-refractivity contribution in [3.05, 3.63) is 75.6 Å².